The van der Waals surface area contributed by atoms with E-state index >= 15 is 0 Å². The summed E-state index contributed by atoms with van der Waals surface area (Å²) in [6, 6.07) is 6.78. The molecule has 1 aromatic carbocycles. The number of anilines is 1. The highest BCUT2D eigenvalue weighted by Crippen LogP contribution is 2.22. The Morgan fingerprint density at radius 1 is 0.774 bits per heavy atom. The maximum atomic E-state index is 12.4. The highest BCUT2D eigenvalue weighted by molar-refractivity contribution is 7.93. The van der Waals surface area contributed by atoms with E-state index in [0.29, 0.717) is 5.13 Å². The lowest BCUT2D eigenvalue weighted by Crippen LogP contribution is -2.12. The van der Waals surface area contributed by atoms with Crippen LogP contribution in [0.5, 0.6) is 0 Å². The molecule has 0 aliphatic heterocycles. The van der Waals surface area contributed by atoms with E-state index in [1.807, 2.05) is 6.92 Å². The van der Waals surface area contributed by atoms with Crippen molar-refractivity contribution in [2.24, 2.45) is 0 Å². The Bertz CT molecular complexity index is 833. The second kappa shape index (κ2) is 14.6. The number of hydrogen-bond acceptors (Lipinski definition) is 5. The van der Waals surface area contributed by atoms with Crippen LogP contribution in [0.15, 0.2) is 29.2 Å². The number of aryl methyl sites for hydroxylation is 2. The van der Waals surface area contributed by atoms with Gasteiger partial charge in [0, 0.05) is 6.42 Å². The maximum Gasteiger partial charge on any atom is 0.263 e. The largest absolute Gasteiger partial charge is 0.263 e. The summed E-state index contributed by atoms with van der Waals surface area (Å²) in [6.07, 6.45) is 18.2. The molecule has 0 spiro atoms. The van der Waals surface area contributed by atoms with E-state index in [9.17, 15) is 8.42 Å². The van der Waals surface area contributed by atoms with Crippen LogP contribution in [0, 0.1) is 6.92 Å². The van der Waals surface area contributed by atoms with Gasteiger partial charge in [-0.15, -0.1) is 10.2 Å². The summed E-state index contributed by atoms with van der Waals surface area (Å²) < 4.78 is 27.4. The number of aromatic nitrogens is 2. The third-order valence-electron chi connectivity index (χ3n) is 5.51. The van der Waals surface area contributed by atoms with Crippen LogP contribution >= 0.6 is 11.3 Å². The minimum Gasteiger partial charge on any atom is -0.253 e. The first-order valence-corrected chi connectivity index (χ1v) is 14.2. The van der Waals surface area contributed by atoms with Gasteiger partial charge in [0.1, 0.15) is 5.01 Å². The summed E-state index contributed by atoms with van der Waals surface area (Å²) in [5.41, 5.74) is 1.02. The Kier molecular flexibility index (Phi) is 12.1. The highest BCUT2D eigenvalue weighted by atomic mass is 32.2. The molecule has 0 fully saturated rings. The Morgan fingerprint density at radius 3 is 1.84 bits per heavy atom. The lowest BCUT2D eigenvalue weighted by atomic mass is 10.0. The van der Waals surface area contributed by atoms with Crippen LogP contribution in [-0.4, -0.2) is 18.6 Å². The second-order valence-corrected chi connectivity index (χ2v) is 11.2. The van der Waals surface area contributed by atoms with Gasteiger partial charge in [0.25, 0.3) is 10.0 Å². The smallest absolute Gasteiger partial charge is 0.253 e. The van der Waals surface area contributed by atoms with E-state index in [1.165, 1.54) is 88.4 Å². The molecule has 0 aliphatic rings. The Morgan fingerprint density at radius 2 is 1.29 bits per heavy atom. The normalized spacial score (nSPS) is 11.7. The third kappa shape index (κ3) is 10.6. The summed E-state index contributed by atoms with van der Waals surface area (Å²) in [4.78, 5) is 0.242. The molecule has 174 valence electrons. The summed E-state index contributed by atoms with van der Waals surface area (Å²) in [6.45, 7) is 4.19. The summed E-state index contributed by atoms with van der Waals surface area (Å²) in [7, 11) is -3.61. The number of hydrogen-bond donors (Lipinski definition) is 1. The molecule has 5 nitrogen and oxygen atoms in total. The molecule has 0 aliphatic carbocycles. The van der Waals surface area contributed by atoms with Crippen molar-refractivity contribution in [2.75, 3.05) is 4.72 Å². The van der Waals surface area contributed by atoms with Gasteiger partial charge in [-0.2, -0.15) is 0 Å². The van der Waals surface area contributed by atoms with Crippen molar-refractivity contribution >= 4 is 26.5 Å². The lowest BCUT2D eigenvalue weighted by molar-refractivity contribution is 0.539. The number of nitrogens with one attached hydrogen (secondary N) is 1. The molecule has 0 saturated carbocycles. The van der Waals surface area contributed by atoms with Crippen molar-refractivity contribution < 1.29 is 8.42 Å². The summed E-state index contributed by atoms with van der Waals surface area (Å²) in [5.74, 6) is 0. The van der Waals surface area contributed by atoms with E-state index in [4.69, 9.17) is 0 Å². The second-order valence-electron chi connectivity index (χ2n) is 8.41. The minimum absolute atomic E-state index is 0.242. The van der Waals surface area contributed by atoms with Crippen molar-refractivity contribution in [3.63, 3.8) is 0 Å². The molecule has 0 amide bonds. The van der Waals surface area contributed by atoms with Crippen molar-refractivity contribution in [3.05, 3.63) is 34.8 Å². The zero-order valence-corrected chi connectivity index (χ0v) is 20.9. The van der Waals surface area contributed by atoms with Crippen LogP contribution in [0.1, 0.15) is 101 Å². The van der Waals surface area contributed by atoms with E-state index in [-0.39, 0.29) is 4.90 Å². The number of sulfonamides is 1. The molecule has 1 N–H and O–H groups in total. The van der Waals surface area contributed by atoms with Gasteiger partial charge in [-0.05, 0) is 25.5 Å². The van der Waals surface area contributed by atoms with Crippen molar-refractivity contribution in [2.45, 2.75) is 109 Å². The molecular weight excluding hydrogens is 426 g/mol. The standard InChI is InChI=1S/C24H39N3O2S2/c1-3-4-5-6-7-8-9-10-11-12-13-14-15-16-23-25-26-24(30-23)27-31(28,29)22-19-17-21(2)18-20-22/h17-20H,3-16H2,1-2H3,(H,26,27). The van der Waals surface area contributed by atoms with Crippen LogP contribution in [0.3, 0.4) is 0 Å². The van der Waals surface area contributed by atoms with Crippen LogP contribution < -0.4 is 4.72 Å². The van der Waals surface area contributed by atoms with Gasteiger partial charge in [0.05, 0.1) is 4.90 Å². The highest BCUT2D eigenvalue weighted by Gasteiger charge is 2.16. The first-order chi connectivity index (χ1) is 15.0. The monoisotopic (exact) mass is 465 g/mol. The first-order valence-electron chi connectivity index (χ1n) is 11.9. The fourth-order valence-electron chi connectivity index (χ4n) is 3.58. The van der Waals surface area contributed by atoms with Gasteiger partial charge < -0.3 is 0 Å². The fraction of sp³-hybridized carbons (Fsp3) is 0.667. The molecule has 0 bridgehead atoms. The molecule has 7 heteroatoms. The van der Waals surface area contributed by atoms with Crippen LogP contribution in [0.2, 0.25) is 0 Å². The van der Waals surface area contributed by atoms with Crippen molar-refractivity contribution in [1.29, 1.82) is 0 Å². The van der Waals surface area contributed by atoms with Crippen LogP contribution in [0.25, 0.3) is 0 Å². The predicted molar refractivity (Wildman–Crippen MR) is 131 cm³/mol. The molecule has 0 atom stereocenters. The molecule has 2 aromatic rings. The summed E-state index contributed by atoms with van der Waals surface area (Å²) in [5, 5.41) is 9.38. The maximum absolute atomic E-state index is 12.4. The number of rotatable bonds is 17. The quantitative estimate of drug-likeness (QED) is 0.249. The van der Waals surface area contributed by atoms with E-state index in [2.05, 4.69) is 21.8 Å². The third-order valence-corrected chi connectivity index (χ3v) is 7.90. The van der Waals surface area contributed by atoms with Gasteiger partial charge in [0.2, 0.25) is 5.13 Å². The fourth-order valence-corrected chi connectivity index (χ4v) is 5.59. The van der Waals surface area contributed by atoms with E-state index in [0.717, 1.165) is 23.4 Å². The summed E-state index contributed by atoms with van der Waals surface area (Å²) >= 11 is 1.33. The zero-order chi connectivity index (χ0) is 22.4. The van der Waals surface area contributed by atoms with Gasteiger partial charge in [0.15, 0.2) is 0 Å². The van der Waals surface area contributed by atoms with Gasteiger partial charge in [-0.25, -0.2) is 8.42 Å². The lowest BCUT2D eigenvalue weighted by Gasteiger charge is -2.04. The molecule has 1 aromatic heterocycles. The minimum atomic E-state index is -3.61. The van der Waals surface area contributed by atoms with E-state index in [1.54, 1.807) is 24.3 Å². The van der Waals surface area contributed by atoms with Crippen LogP contribution in [0.4, 0.5) is 5.13 Å². The van der Waals surface area contributed by atoms with Crippen LogP contribution in [-0.2, 0) is 16.4 Å². The zero-order valence-electron chi connectivity index (χ0n) is 19.2. The Hall–Kier alpha value is -1.47. The van der Waals surface area contributed by atoms with Gasteiger partial charge in [-0.1, -0.05) is 113 Å². The number of nitrogens with zero attached hydrogens (tertiary/aromatic N) is 2. The molecule has 0 radical (unpaired) electrons. The molecule has 2 rings (SSSR count). The van der Waals surface area contributed by atoms with Gasteiger partial charge >= 0.3 is 0 Å². The van der Waals surface area contributed by atoms with Crippen molar-refractivity contribution in [1.82, 2.24) is 10.2 Å². The predicted octanol–water partition coefficient (Wildman–Crippen LogP) is 7.28. The van der Waals surface area contributed by atoms with E-state index < -0.39 is 10.0 Å². The number of benzene rings is 1. The SMILES string of the molecule is CCCCCCCCCCCCCCCc1nnc(NS(=O)(=O)c2ccc(C)cc2)s1. The first kappa shape index (κ1) is 25.8. The topological polar surface area (TPSA) is 72.0 Å². The van der Waals surface area contributed by atoms with Crippen molar-refractivity contribution in [3.8, 4) is 0 Å². The number of unbranched alkanes of at least 4 members (excludes halogenated alkanes) is 12. The molecule has 0 unspecified atom stereocenters. The molecule has 31 heavy (non-hydrogen) atoms. The average molecular weight is 466 g/mol. The van der Waals surface area contributed by atoms with Gasteiger partial charge in [-0.3, -0.25) is 4.72 Å². The molecule has 1 heterocycles. The molecule has 0 saturated heterocycles. The Labute approximate surface area is 193 Å². The average Bonchev–Trinajstić information content (AvgIpc) is 3.18. The Balaban J connectivity index is 1.54. The molecular formula is C24H39N3O2S2.